The molecule has 0 aromatic carbocycles. The highest BCUT2D eigenvalue weighted by Gasteiger charge is 2.28. The first-order valence-corrected chi connectivity index (χ1v) is 6.47. The number of carbonyl (C=O) groups is 1. The number of esters is 1. The van der Waals surface area contributed by atoms with Crippen LogP contribution < -0.4 is 5.32 Å². The number of carbonyl (C=O) groups excluding carboxylic acids is 1. The zero-order valence-electron chi connectivity index (χ0n) is 11.0. The summed E-state index contributed by atoms with van der Waals surface area (Å²) in [7, 11) is 0. The van der Waals surface area contributed by atoms with Crippen LogP contribution in [-0.2, 0) is 9.53 Å². The van der Waals surface area contributed by atoms with Crippen LogP contribution in [-0.4, -0.2) is 24.7 Å². The van der Waals surface area contributed by atoms with Crippen molar-refractivity contribution in [3.05, 3.63) is 0 Å². The van der Waals surface area contributed by atoms with Crippen LogP contribution in [0.3, 0.4) is 0 Å². The molecule has 0 spiro atoms. The summed E-state index contributed by atoms with van der Waals surface area (Å²) in [4.78, 5) is 11.5. The van der Waals surface area contributed by atoms with Gasteiger partial charge in [0, 0.05) is 6.04 Å². The molecule has 0 saturated heterocycles. The highest BCUT2D eigenvalue weighted by molar-refractivity contribution is 5.75. The van der Waals surface area contributed by atoms with Crippen LogP contribution in [0.4, 0.5) is 0 Å². The maximum absolute atomic E-state index is 11.5. The van der Waals surface area contributed by atoms with Crippen molar-refractivity contribution in [3.8, 4) is 0 Å². The zero-order chi connectivity index (χ0) is 12.1. The van der Waals surface area contributed by atoms with Crippen molar-refractivity contribution < 1.29 is 9.53 Å². The predicted molar refractivity (Wildman–Crippen MR) is 65.2 cm³/mol. The van der Waals surface area contributed by atoms with Crippen molar-refractivity contribution in [1.82, 2.24) is 5.32 Å². The van der Waals surface area contributed by atoms with E-state index in [1.54, 1.807) is 0 Å². The quantitative estimate of drug-likeness (QED) is 0.749. The molecule has 0 aliphatic heterocycles. The maximum atomic E-state index is 11.5. The van der Waals surface area contributed by atoms with E-state index < -0.39 is 0 Å². The van der Waals surface area contributed by atoms with E-state index in [2.05, 4.69) is 19.2 Å². The molecule has 1 fully saturated rings. The molecular weight excluding hydrogens is 202 g/mol. The number of rotatable bonds is 4. The third kappa shape index (κ3) is 3.78. The van der Waals surface area contributed by atoms with E-state index in [4.69, 9.17) is 4.74 Å². The van der Waals surface area contributed by atoms with Crippen molar-refractivity contribution >= 4 is 5.97 Å². The summed E-state index contributed by atoms with van der Waals surface area (Å²) >= 11 is 0. The van der Waals surface area contributed by atoms with E-state index >= 15 is 0 Å². The van der Waals surface area contributed by atoms with Crippen LogP contribution in [0.25, 0.3) is 0 Å². The minimum atomic E-state index is -0.183. The van der Waals surface area contributed by atoms with Crippen molar-refractivity contribution in [3.63, 3.8) is 0 Å². The Kier molecular flexibility index (Phi) is 5.26. The van der Waals surface area contributed by atoms with Crippen LogP contribution in [0.15, 0.2) is 0 Å². The lowest BCUT2D eigenvalue weighted by Gasteiger charge is -2.34. The fourth-order valence-electron chi connectivity index (χ4n) is 2.42. The monoisotopic (exact) mass is 227 g/mol. The summed E-state index contributed by atoms with van der Waals surface area (Å²) in [5.74, 6) is 1.30. The highest BCUT2D eigenvalue weighted by atomic mass is 16.5. The van der Waals surface area contributed by atoms with Crippen LogP contribution in [0, 0.1) is 11.8 Å². The van der Waals surface area contributed by atoms with Gasteiger partial charge in [-0.15, -0.1) is 0 Å². The summed E-state index contributed by atoms with van der Waals surface area (Å²) in [6, 6.07) is 0.279. The SMILES string of the molecule is CCOC(=O)C(C)NC1CC(C)CCC1C. The van der Waals surface area contributed by atoms with E-state index in [9.17, 15) is 4.79 Å². The van der Waals surface area contributed by atoms with Gasteiger partial charge in [0.2, 0.25) is 0 Å². The second-order valence-electron chi connectivity index (χ2n) is 5.14. The largest absolute Gasteiger partial charge is 0.465 e. The third-order valence-electron chi connectivity index (χ3n) is 3.56. The topological polar surface area (TPSA) is 38.3 Å². The molecule has 0 bridgehead atoms. The van der Waals surface area contributed by atoms with Gasteiger partial charge < -0.3 is 10.1 Å². The Morgan fingerprint density at radius 1 is 1.44 bits per heavy atom. The number of hydrogen-bond donors (Lipinski definition) is 1. The molecule has 0 heterocycles. The van der Waals surface area contributed by atoms with Crippen molar-refractivity contribution in [1.29, 1.82) is 0 Å². The van der Waals surface area contributed by atoms with Crippen molar-refractivity contribution in [2.24, 2.45) is 11.8 Å². The minimum absolute atomic E-state index is 0.132. The molecule has 3 nitrogen and oxygen atoms in total. The second kappa shape index (κ2) is 6.24. The normalized spacial score (nSPS) is 32.1. The third-order valence-corrected chi connectivity index (χ3v) is 3.56. The lowest BCUT2D eigenvalue weighted by Crippen LogP contribution is -2.47. The van der Waals surface area contributed by atoms with Gasteiger partial charge in [0.15, 0.2) is 0 Å². The summed E-state index contributed by atoms with van der Waals surface area (Å²) in [6.07, 6.45) is 3.74. The molecule has 16 heavy (non-hydrogen) atoms. The van der Waals surface area contributed by atoms with E-state index in [0.29, 0.717) is 18.6 Å². The van der Waals surface area contributed by atoms with Gasteiger partial charge in [-0.3, -0.25) is 4.79 Å². The van der Waals surface area contributed by atoms with Gasteiger partial charge in [0.25, 0.3) is 0 Å². The highest BCUT2D eigenvalue weighted by Crippen LogP contribution is 2.28. The number of ether oxygens (including phenoxy) is 1. The molecular formula is C13H25NO2. The van der Waals surface area contributed by atoms with E-state index in [0.717, 1.165) is 5.92 Å². The Morgan fingerprint density at radius 2 is 2.12 bits per heavy atom. The molecule has 4 atom stereocenters. The van der Waals surface area contributed by atoms with Gasteiger partial charge in [0.1, 0.15) is 6.04 Å². The Bertz CT molecular complexity index is 230. The Balaban J connectivity index is 2.42. The molecule has 0 aromatic heterocycles. The smallest absolute Gasteiger partial charge is 0.322 e. The first-order chi connectivity index (χ1) is 7.54. The van der Waals surface area contributed by atoms with Gasteiger partial charge in [-0.05, 0) is 38.5 Å². The molecule has 0 aromatic rings. The molecule has 1 N–H and O–H groups in total. The van der Waals surface area contributed by atoms with Crippen molar-refractivity contribution in [2.75, 3.05) is 6.61 Å². The average Bonchev–Trinajstić information content (AvgIpc) is 2.23. The number of hydrogen-bond acceptors (Lipinski definition) is 3. The van der Waals surface area contributed by atoms with Crippen LogP contribution in [0.5, 0.6) is 0 Å². The molecule has 4 unspecified atom stereocenters. The fraction of sp³-hybridized carbons (Fsp3) is 0.923. The molecule has 0 radical (unpaired) electrons. The minimum Gasteiger partial charge on any atom is -0.465 e. The lowest BCUT2D eigenvalue weighted by molar-refractivity contribution is -0.145. The summed E-state index contributed by atoms with van der Waals surface area (Å²) in [6.45, 7) is 8.75. The van der Waals surface area contributed by atoms with Gasteiger partial charge in [-0.1, -0.05) is 20.3 Å². The molecule has 0 amide bonds. The molecule has 94 valence electrons. The summed E-state index contributed by atoms with van der Waals surface area (Å²) in [5.41, 5.74) is 0. The Hall–Kier alpha value is -0.570. The van der Waals surface area contributed by atoms with E-state index in [-0.39, 0.29) is 12.0 Å². The van der Waals surface area contributed by atoms with Gasteiger partial charge >= 0.3 is 5.97 Å². The first kappa shape index (κ1) is 13.5. The average molecular weight is 227 g/mol. The molecule has 3 heteroatoms. The Morgan fingerprint density at radius 3 is 2.75 bits per heavy atom. The Labute approximate surface area is 98.9 Å². The van der Waals surface area contributed by atoms with Crippen LogP contribution in [0.1, 0.15) is 47.0 Å². The summed E-state index contributed by atoms with van der Waals surface area (Å²) in [5, 5.41) is 3.41. The summed E-state index contributed by atoms with van der Waals surface area (Å²) < 4.78 is 5.01. The second-order valence-corrected chi connectivity index (χ2v) is 5.14. The lowest BCUT2D eigenvalue weighted by atomic mass is 9.80. The first-order valence-electron chi connectivity index (χ1n) is 6.47. The fourth-order valence-corrected chi connectivity index (χ4v) is 2.42. The van der Waals surface area contributed by atoms with Gasteiger partial charge in [-0.25, -0.2) is 0 Å². The van der Waals surface area contributed by atoms with Gasteiger partial charge in [0.05, 0.1) is 6.61 Å². The predicted octanol–water partition coefficient (Wildman–Crippen LogP) is 2.35. The molecule has 1 rings (SSSR count). The van der Waals surface area contributed by atoms with Crippen LogP contribution in [0.2, 0.25) is 0 Å². The van der Waals surface area contributed by atoms with E-state index in [1.807, 2.05) is 13.8 Å². The van der Waals surface area contributed by atoms with Crippen molar-refractivity contribution in [2.45, 2.75) is 59.0 Å². The number of nitrogens with one attached hydrogen (secondary N) is 1. The molecule has 1 aliphatic carbocycles. The van der Waals surface area contributed by atoms with Crippen LogP contribution >= 0.6 is 0 Å². The molecule has 1 saturated carbocycles. The zero-order valence-corrected chi connectivity index (χ0v) is 11.0. The maximum Gasteiger partial charge on any atom is 0.322 e. The van der Waals surface area contributed by atoms with E-state index in [1.165, 1.54) is 19.3 Å². The standard InChI is InChI=1S/C13H25NO2/c1-5-16-13(15)11(4)14-12-8-9(2)6-7-10(12)3/h9-12,14H,5-8H2,1-4H3. The van der Waals surface area contributed by atoms with Gasteiger partial charge in [-0.2, -0.15) is 0 Å². The molecule has 1 aliphatic rings.